The minimum atomic E-state index is -1.40. The predicted octanol–water partition coefficient (Wildman–Crippen LogP) is 5.24. The van der Waals surface area contributed by atoms with Crippen LogP contribution in [0.2, 0.25) is 0 Å². The van der Waals surface area contributed by atoms with Crippen molar-refractivity contribution in [1.82, 2.24) is 36.0 Å². The molecule has 0 aliphatic carbocycles. The first-order chi connectivity index (χ1) is 37.9. The fraction of sp³-hybridized carbons (Fsp3) is 0.483. The summed E-state index contributed by atoms with van der Waals surface area (Å²) in [4.78, 5) is 93.0. The number of hydrogen-bond acceptors (Lipinski definition) is 12. The summed E-state index contributed by atoms with van der Waals surface area (Å²) in [5, 5.41) is 17.3. The molecule has 82 heavy (non-hydrogen) atoms. The second kappa shape index (κ2) is 28.6. The van der Waals surface area contributed by atoms with Crippen molar-refractivity contribution >= 4 is 89.7 Å². The molecule has 5 aliphatic rings. The summed E-state index contributed by atoms with van der Waals surface area (Å²) < 4.78 is 55.0. The Labute approximate surface area is 494 Å². The van der Waals surface area contributed by atoms with Gasteiger partial charge in [0, 0.05) is 82.0 Å². The van der Waals surface area contributed by atoms with E-state index in [0.717, 1.165) is 42.4 Å². The lowest BCUT2D eigenvalue weighted by Crippen LogP contribution is -2.62. The third-order valence-corrected chi connectivity index (χ3v) is 16.2. The van der Waals surface area contributed by atoms with Gasteiger partial charge >= 0.3 is 0 Å². The van der Waals surface area contributed by atoms with Gasteiger partial charge in [0.15, 0.2) is 0 Å². The van der Waals surface area contributed by atoms with Gasteiger partial charge in [-0.25, -0.2) is 13.2 Å². The van der Waals surface area contributed by atoms with Crippen molar-refractivity contribution < 1.29 is 51.4 Å². The van der Waals surface area contributed by atoms with E-state index in [4.69, 9.17) is 9.47 Å². The molecular weight excluding hydrogens is 1130 g/mol. The van der Waals surface area contributed by atoms with Crippen LogP contribution < -0.4 is 36.8 Å². The van der Waals surface area contributed by atoms with Gasteiger partial charge in [0.2, 0.25) is 29.5 Å². The number of nitrogens with one attached hydrogen (secondary N) is 6. The number of amides is 6. The number of ether oxygens (including phenoxy) is 2. The Bertz CT molecular complexity index is 2930. The zero-order chi connectivity index (χ0) is 56.1. The van der Waals surface area contributed by atoms with E-state index in [-0.39, 0.29) is 98.3 Å². The molecule has 3 saturated heterocycles. The molecule has 446 valence electrons. The predicted molar refractivity (Wildman–Crippen MR) is 312 cm³/mol. The second-order valence-corrected chi connectivity index (χ2v) is 21.8. The molecule has 5 aliphatic heterocycles. The summed E-state index contributed by atoms with van der Waals surface area (Å²) in [6.07, 6.45) is 1.35. The molecule has 1 unspecified atom stereocenters. The number of piperazine rings is 1. The highest BCUT2D eigenvalue weighted by molar-refractivity contribution is 6.05. The molecule has 6 N–H and O–H groups in total. The number of halogens is 6. The average Bonchev–Trinajstić information content (AvgIpc) is 3.97. The number of morpholine rings is 1. The van der Waals surface area contributed by atoms with E-state index in [2.05, 4.69) is 55.5 Å². The molecule has 0 spiro atoms. The van der Waals surface area contributed by atoms with Crippen molar-refractivity contribution in [3.05, 3.63) is 124 Å². The molecule has 9 rings (SSSR count). The molecule has 5 heterocycles. The molecular formula is C58H74Cl3F3N10O8. The topological polar surface area (TPSA) is 206 Å². The number of hydrogen-bond donors (Lipinski definition) is 6. The van der Waals surface area contributed by atoms with Gasteiger partial charge in [-0.2, -0.15) is 0 Å². The van der Waals surface area contributed by atoms with Gasteiger partial charge in [-0.3, -0.25) is 38.6 Å². The molecule has 0 bridgehead atoms. The first-order valence-corrected chi connectivity index (χ1v) is 27.2. The molecule has 0 radical (unpaired) electrons. The van der Waals surface area contributed by atoms with Crippen LogP contribution in [-0.4, -0.2) is 160 Å². The van der Waals surface area contributed by atoms with Gasteiger partial charge in [-0.1, -0.05) is 36.4 Å². The number of nitrogens with zero attached hydrogens (tertiary/aromatic N) is 4. The molecule has 6 amide bonds. The molecule has 0 saturated carbocycles. The Balaban J connectivity index is 0.00000360. The Hall–Kier alpha value is -5.88. The van der Waals surface area contributed by atoms with E-state index in [0.29, 0.717) is 81.2 Å². The van der Waals surface area contributed by atoms with Crippen LogP contribution in [0.4, 0.5) is 30.2 Å². The van der Waals surface area contributed by atoms with E-state index in [1.54, 1.807) is 50.1 Å². The van der Waals surface area contributed by atoms with Gasteiger partial charge in [-0.05, 0) is 130 Å². The van der Waals surface area contributed by atoms with Crippen molar-refractivity contribution in [2.75, 3.05) is 94.8 Å². The van der Waals surface area contributed by atoms with Crippen LogP contribution >= 0.6 is 37.2 Å². The summed E-state index contributed by atoms with van der Waals surface area (Å²) in [6.45, 7) is 12.0. The van der Waals surface area contributed by atoms with E-state index in [1.807, 2.05) is 18.2 Å². The van der Waals surface area contributed by atoms with Crippen LogP contribution in [0.25, 0.3) is 0 Å². The molecule has 0 aromatic heterocycles. The van der Waals surface area contributed by atoms with Crippen LogP contribution in [-0.2, 0) is 56.6 Å². The van der Waals surface area contributed by atoms with Crippen molar-refractivity contribution in [1.29, 1.82) is 0 Å². The Morgan fingerprint density at radius 3 is 2.24 bits per heavy atom. The minimum Gasteiger partial charge on any atom is -0.381 e. The first-order valence-electron chi connectivity index (χ1n) is 27.2. The average molecular weight is 1200 g/mol. The Kier molecular flexibility index (Phi) is 22.8. The maximum absolute atomic E-state index is 14.9. The van der Waals surface area contributed by atoms with Crippen LogP contribution in [0.5, 0.6) is 0 Å². The lowest BCUT2D eigenvalue weighted by Gasteiger charge is -2.43. The number of carbonyl (C=O) groups excluding carboxylic acids is 6. The van der Waals surface area contributed by atoms with Gasteiger partial charge in [-0.15, -0.1) is 37.2 Å². The fourth-order valence-electron chi connectivity index (χ4n) is 11.5. The SMILES string of the molecule is CN[C@@H](C)C(=O)N[C@H](C(=O)N1Cc2cc(NC(=O)CNC(=O)C3(C)CN(C(=O)CN4C[C@@H](C)NC[C@@H]4CN4CCOC[C@H]4C)c4cc(Cc5ccc(F)cc5)ccc43)ccc2[C@H]1C(=O)Nc1c(F)cccc1F)C1CCOCC1.Cl.Cl.Cl. The second-order valence-electron chi connectivity index (χ2n) is 21.8. The fourth-order valence-corrected chi connectivity index (χ4v) is 11.5. The lowest BCUT2D eigenvalue weighted by atomic mass is 9.83. The smallest absolute Gasteiger partial charge is 0.252 e. The van der Waals surface area contributed by atoms with E-state index in [9.17, 15) is 41.9 Å². The maximum Gasteiger partial charge on any atom is 0.252 e. The highest BCUT2D eigenvalue weighted by atomic mass is 35.5. The number of rotatable bonds is 17. The molecule has 4 aromatic rings. The molecule has 3 fully saturated rings. The van der Waals surface area contributed by atoms with Gasteiger partial charge in [0.1, 0.15) is 35.2 Å². The first kappa shape index (κ1) is 65.3. The highest BCUT2D eigenvalue weighted by Gasteiger charge is 2.48. The zero-order valence-electron chi connectivity index (χ0n) is 46.6. The Morgan fingerprint density at radius 1 is 0.841 bits per heavy atom. The third-order valence-electron chi connectivity index (χ3n) is 16.2. The van der Waals surface area contributed by atoms with Crippen molar-refractivity contribution in [3.8, 4) is 0 Å². The molecule has 24 heteroatoms. The third kappa shape index (κ3) is 14.7. The monoisotopic (exact) mass is 1200 g/mol. The van der Waals surface area contributed by atoms with E-state index >= 15 is 0 Å². The largest absolute Gasteiger partial charge is 0.381 e. The number of likely N-dealkylation sites (N-methyl/N-ethyl adjacent to an activating group) is 1. The van der Waals surface area contributed by atoms with Crippen LogP contribution in [0.15, 0.2) is 78.9 Å². The molecule has 18 nitrogen and oxygen atoms in total. The summed E-state index contributed by atoms with van der Waals surface area (Å²) in [5.74, 6) is -5.92. The number of para-hydroxylation sites is 1. The molecule has 4 aromatic carbocycles. The van der Waals surface area contributed by atoms with Crippen molar-refractivity contribution in [3.63, 3.8) is 0 Å². The quantitative estimate of drug-likeness (QED) is 0.0804. The van der Waals surface area contributed by atoms with Crippen molar-refractivity contribution in [2.24, 2.45) is 5.92 Å². The Morgan fingerprint density at radius 2 is 1.55 bits per heavy atom. The zero-order valence-corrected chi connectivity index (χ0v) is 49.0. The van der Waals surface area contributed by atoms with Gasteiger partial charge in [0.25, 0.3) is 5.91 Å². The van der Waals surface area contributed by atoms with E-state index in [1.165, 1.54) is 23.1 Å². The maximum atomic E-state index is 14.9. The van der Waals surface area contributed by atoms with Crippen LogP contribution in [0, 0.1) is 23.4 Å². The summed E-state index contributed by atoms with van der Waals surface area (Å²) in [7, 11) is 1.61. The summed E-state index contributed by atoms with van der Waals surface area (Å²) >= 11 is 0. The summed E-state index contributed by atoms with van der Waals surface area (Å²) in [5.41, 5.74) is 2.00. The van der Waals surface area contributed by atoms with Gasteiger partial charge < -0.3 is 51.2 Å². The minimum absolute atomic E-state index is 0. The molecule has 7 atom stereocenters. The van der Waals surface area contributed by atoms with Gasteiger partial charge in [0.05, 0.1) is 37.8 Å². The van der Waals surface area contributed by atoms with Crippen molar-refractivity contribution in [2.45, 2.75) is 95.2 Å². The van der Waals surface area contributed by atoms with Crippen LogP contribution in [0.1, 0.15) is 74.4 Å². The summed E-state index contributed by atoms with van der Waals surface area (Å²) in [6, 6.07) is 17.0. The normalized spacial score (nSPS) is 22.4. The highest BCUT2D eigenvalue weighted by Crippen LogP contribution is 2.43. The standard InChI is InChI=1S/C58H71F3N10O8.3ClH/c1-34-28-69(43(26-63-34)30-68-19-22-79-32-35(68)2)31-50(73)71-33-58(4,45-16-11-38(24-48(45)71)23-37-9-12-41(59)13-10-37)57(77)64-27-49(72)65-42-14-15-44-40(25-42)29-70(53(44)55(75)67-52-46(60)7-6-8-47(52)61)56(76)51(39-17-20-78-21-18-39)66-54(74)36(3)62-5;;;/h6-16,24-25,34-36,39,43,51,53,62-63H,17-23,26-33H2,1-5H3,(H,64,77)(H,65,72)(H,66,74)(H,67,75);3*1H/t34-,35-,36+,43-,51+,53+,58?;;;/m1.../s1. The van der Waals surface area contributed by atoms with Crippen LogP contribution in [0.3, 0.4) is 0 Å². The van der Waals surface area contributed by atoms with E-state index < -0.39 is 76.9 Å². The number of benzene rings is 4. The lowest BCUT2D eigenvalue weighted by molar-refractivity contribution is -0.144. The number of carbonyl (C=O) groups is 6. The number of anilines is 3. The number of fused-ring (bicyclic) bond motifs is 2.